The van der Waals surface area contributed by atoms with Crippen LogP contribution >= 0.6 is 0 Å². The molecule has 0 bridgehead atoms. The summed E-state index contributed by atoms with van der Waals surface area (Å²) in [4.78, 5) is 10.2. The van der Waals surface area contributed by atoms with Crippen molar-refractivity contribution in [2.45, 2.75) is 6.10 Å². The quantitative estimate of drug-likeness (QED) is 0.633. The van der Waals surface area contributed by atoms with Crippen LogP contribution in [0, 0.1) is 0 Å². The van der Waals surface area contributed by atoms with E-state index < -0.39 is 12.1 Å². The molecule has 0 unspecified atom stereocenters. The van der Waals surface area contributed by atoms with Crippen molar-refractivity contribution in [2.24, 2.45) is 0 Å². The Kier molecular flexibility index (Phi) is 9.90. The van der Waals surface area contributed by atoms with Gasteiger partial charge in [-0.25, -0.2) is 4.79 Å². The van der Waals surface area contributed by atoms with Crippen LogP contribution in [0.5, 0.6) is 0 Å². The summed E-state index contributed by atoms with van der Waals surface area (Å²) in [6, 6.07) is 8.26. The fraction of sp³-hybridized carbons (Fsp3) is 0.125. The molecular formula is C8H10Na2O3. The Morgan fingerprint density at radius 3 is 2.00 bits per heavy atom. The number of carboxylic acids is 1. The van der Waals surface area contributed by atoms with E-state index in [-0.39, 0.29) is 59.1 Å². The van der Waals surface area contributed by atoms with Crippen molar-refractivity contribution in [2.75, 3.05) is 0 Å². The van der Waals surface area contributed by atoms with E-state index in [1.54, 1.807) is 30.3 Å². The van der Waals surface area contributed by atoms with Gasteiger partial charge in [-0.05, 0) is 5.56 Å². The van der Waals surface area contributed by atoms with Crippen LogP contribution in [-0.4, -0.2) is 75.3 Å². The van der Waals surface area contributed by atoms with Crippen LogP contribution in [0.25, 0.3) is 0 Å². The molecule has 0 aromatic heterocycles. The zero-order chi connectivity index (χ0) is 8.27. The summed E-state index contributed by atoms with van der Waals surface area (Å²) in [5.74, 6) is -1.23. The van der Waals surface area contributed by atoms with Crippen molar-refractivity contribution in [3.05, 3.63) is 35.9 Å². The zero-order valence-electron chi connectivity index (χ0n) is 5.77. The van der Waals surface area contributed by atoms with Gasteiger partial charge in [0.15, 0.2) is 6.10 Å². The molecule has 62 valence electrons. The van der Waals surface area contributed by atoms with Gasteiger partial charge < -0.3 is 10.2 Å². The molecule has 0 fully saturated rings. The molecule has 0 spiro atoms. The van der Waals surface area contributed by atoms with E-state index in [1.807, 2.05) is 0 Å². The van der Waals surface area contributed by atoms with Crippen molar-refractivity contribution in [1.29, 1.82) is 0 Å². The van der Waals surface area contributed by atoms with Crippen molar-refractivity contribution >= 4 is 65.1 Å². The van der Waals surface area contributed by atoms with E-state index >= 15 is 0 Å². The van der Waals surface area contributed by atoms with E-state index in [0.29, 0.717) is 5.56 Å². The van der Waals surface area contributed by atoms with Crippen LogP contribution in [0.4, 0.5) is 0 Å². The van der Waals surface area contributed by atoms with Gasteiger partial charge in [0.05, 0.1) is 0 Å². The summed E-state index contributed by atoms with van der Waals surface area (Å²) in [5.41, 5.74) is 0.403. The van der Waals surface area contributed by atoms with Gasteiger partial charge in [0.1, 0.15) is 0 Å². The molecule has 0 aliphatic carbocycles. The monoisotopic (exact) mass is 200 g/mol. The van der Waals surface area contributed by atoms with Crippen LogP contribution in [0.1, 0.15) is 11.7 Å². The summed E-state index contributed by atoms with van der Waals surface area (Å²) >= 11 is 0. The molecule has 3 nitrogen and oxygen atoms in total. The molecule has 5 heteroatoms. The first kappa shape index (κ1) is 16.1. The Bertz CT molecular complexity index is 251. The van der Waals surface area contributed by atoms with Gasteiger partial charge in [-0.1, -0.05) is 30.3 Å². The average Bonchev–Trinajstić information content (AvgIpc) is 2.05. The molecule has 0 saturated carbocycles. The number of rotatable bonds is 2. The maximum absolute atomic E-state index is 10.2. The first-order valence-electron chi connectivity index (χ1n) is 3.17. The van der Waals surface area contributed by atoms with Gasteiger partial charge in [-0.15, -0.1) is 0 Å². The molecule has 0 heterocycles. The van der Waals surface area contributed by atoms with Gasteiger partial charge in [0.25, 0.3) is 0 Å². The Balaban J connectivity index is 0. The molecule has 0 aliphatic heterocycles. The van der Waals surface area contributed by atoms with E-state index in [0.717, 1.165) is 0 Å². The first-order valence-corrected chi connectivity index (χ1v) is 3.17. The van der Waals surface area contributed by atoms with Crippen molar-refractivity contribution in [3.8, 4) is 0 Å². The number of carboxylic acid groups (broad SMARTS) is 1. The third-order valence-corrected chi connectivity index (χ3v) is 1.35. The number of aliphatic carboxylic acids is 1. The fourth-order valence-electron chi connectivity index (χ4n) is 0.778. The summed E-state index contributed by atoms with van der Waals surface area (Å²) in [6.07, 6.45) is -1.41. The SMILES string of the molecule is O=C(O)[C@H](O)c1ccccc1.[NaH].[NaH]. The van der Waals surface area contributed by atoms with E-state index in [9.17, 15) is 4.79 Å². The van der Waals surface area contributed by atoms with E-state index in [2.05, 4.69) is 0 Å². The normalized spacial score (nSPS) is 10.5. The molecule has 0 amide bonds. The predicted octanol–water partition coefficient (Wildman–Crippen LogP) is -0.492. The van der Waals surface area contributed by atoms with Crippen LogP contribution in [0.2, 0.25) is 0 Å². The number of hydrogen-bond acceptors (Lipinski definition) is 2. The molecule has 1 rings (SSSR count). The summed E-state index contributed by atoms with van der Waals surface area (Å²) in [7, 11) is 0. The predicted molar refractivity (Wildman–Crippen MR) is 53.3 cm³/mol. The van der Waals surface area contributed by atoms with Gasteiger partial charge in [0.2, 0.25) is 0 Å². The molecule has 1 aromatic carbocycles. The van der Waals surface area contributed by atoms with E-state index in [4.69, 9.17) is 10.2 Å². The molecule has 0 aliphatic rings. The van der Waals surface area contributed by atoms with Crippen LogP contribution in [0.3, 0.4) is 0 Å². The molecule has 0 saturated heterocycles. The topological polar surface area (TPSA) is 57.5 Å². The maximum atomic E-state index is 10.2. The number of aliphatic hydroxyl groups excluding tert-OH is 1. The molecule has 2 N–H and O–H groups in total. The minimum atomic E-state index is -1.41. The third-order valence-electron chi connectivity index (χ3n) is 1.35. The molecule has 1 aromatic rings. The van der Waals surface area contributed by atoms with E-state index in [1.165, 1.54) is 0 Å². The minimum absolute atomic E-state index is 0. The number of aliphatic hydroxyl groups is 1. The van der Waals surface area contributed by atoms with Crippen LogP contribution in [-0.2, 0) is 4.79 Å². The van der Waals surface area contributed by atoms with Gasteiger partial charge in [0, 0.05) is 0 Å². The molecule has 1 atom stereocenters. The Hall–Kier alpha value is 0.650. The molecule has 0 radical (unpaired) electrons. The van der Waals surface area contributed by atoms with Crippen molar-refractivity contribution in [1.82, 2.24) is 0 Å². The van der Waals surface area contributed by atoms with Crippen LogP contribution in [0.15, 0.2) is 30.3 Å². The number of benzene rings is 1. The number of carbonyl (C=O) groups is 1. The Labute approximate surface area is 121 Å². The van der Waals surface area contributed by atoms with Crippen molar-refractivity contribution < 1.29 is 15.0 Å². The zero-order valence-corrected chi connectivity index (χ0v) is 5.77. The summed E-state index contributed by atoms with van der Waals surface area (Å²) in [6.45, 7) is 0. The van der Waals surface area contributed by atoms with Gasteiger partial charge in [-0.2, -0.15) is 0 Å². The first-order chi connectivity index (χ1) is 5.22. The third kappa shape index (κ3) is 5.18. The molecule has 13 heavy (non-hydrogen) atoms. The molecular weight excluding hydrogens is 190 g/mol. The summed E-state index contributed by atoms with van der Waals surface area (Å²) < 4.78 is 0. The fourth-order valence-corrected chi connectivity index (χ4v) is 0.778. The Morgan fingerprint density at radius 2 is 1.62 bits per heavy atom. The van der Waals surface area contributed by atoms with Crippen LogP contribution < -0.4 is 0 Å². The standard InChI is InChI=1S/C8H8O3.2Na.2H/c9-7(8(10)11)6-4-2-1-3-5-6;;;;/h1-5,7,9H,(H,10,11);;;;/t7-;;;;/m1..../s1. The van der Waals surface area contributed by atoms with Gasteiger partial charge >= 0.3 is 65.1 Å². The number of hydrogen-bond donors (Lipinski definition) is 2. The Morgan fingerprint density at radius 1 is 1.15 bits per heavy atom. The average molecular weight is 200 g/mol. The second kappa shape index (κ2) is 8.00. The van der Waals surface area contributed by atoms with Crippen molar-refractivity contribution in [3.63, 3.8) is 0 Å². The second-order valence-electron chi connectivity index (χ2n) is 2.15. The van der Waals surface area contributed by atoms with Gasteiger partial charge in [-0.3, -0.25) is 0 Å². The summed E-state index contributed by atoms with van der Waals surface area (Å²) in [5, 5.41) is 17.4. The second-order valence-corrected chi connectivity index (χ2v) is 2.15.